The van der Waals surface area contributed by atoms with E-state index in [1.165, 1.54) is 5.32 Å². The van der Waals surface area contributed by atoms with E-state index in [2.05, 4.69) is 4.74 Å². The number of esters is 1. The molecule has 1 aliphatic heterocycles. The average molecular weight is 240 g/mol. The molecule has 0 spiro atoms. The SMILES string of the molecule is COC(=O)C1NC(=O)NC(=O)C1C(F)(F)F. The molecule has 90 valence electrons. The van der Waals surface area contributed by atoms with Gasteiger partial charge >= 0.3 is 18.2 Å². The Morgan fingerprint density at radius 3 is 2.38 bits per heavy atom. The number of urea groups is 1. The number of hydrogen-bond acceptors (Lipinski definition) is 4. The fourth-order valence-electron chi connectivity index (χ4n) is 1.26. The third-order valence-corrected chi connectivity index (χ3v) is 1.95. The van der Waals surface area contributed by atoms with Gasteiger partial charge in [0.2, 0.25) is 5.91 Å². The number of rotatable bonds is 1. The number of carbonyl (C=O) groups excluding carboxylic acids is 3. The number of halogens is 3. The molecular formula is C7H7F3N2O4. The van der Waals surface area contributed by atoms with Crippen LogP contribution in [0.4, 0.5) is 18.0 Å². The minimum absolute atomic E-state index is 0.856. The summed E-state index contributed by atoms with van der Waals surface area (Å²) in [5.74, 6) is -5.55. The fraction of sp³-hybridized carbons (Fsp3) is 0.571. The highest BCUT2D eigenvalue weighted by atomic mass is 19.4. The van der Waals surface area contributed by atoms with Crippen LogP contribution in [-0.2, 0) is 14.3 Å². The Kier molecular flexibility index (Phi) is 3.06. The highest BCUT2D eigenvalue weighted by Crippen LogP contribution is 2.30. The van der Waals surface area contributed by atoms with Crippen LogP contribution < -0.4 is 10.6 Å². The molecule has 9 heteroatoms. The molecule has 2 N–H and O–H groups in total. The molecule has 0 aromatic carbocycles. The molecular weight excluding hydrogens is 233 g/mol. The Morgan fingerprint density at radius 1 is 1.38 bits per heavy atom. The van der Waals surface area contributed by atoms with Crippen LogP contribution in [0.1, 0.15) is 0 Å². The van der Waals surface area contributed by atoms with Gasteiger partial charge in [-0.15, -0.1) is 0 Å². The molecule has 6 nitrogen and oxygen atoms in total. The third kappa shape index (κ3) is 2.23. The van der Waals surface area contributed by atoms with Crippen molar-refractivity contribution in [3.8, 4) is 0 Å². The molecule has 1 aliphatic rings. The summed E-state index contributed by atoms with van der Waals surface area (Å²) < 4.78 is 41.4. The van der Waals surface area contributed by atoms with Gasteiger partial charge in [-0.3, -0.25) is 10.1 Å². The van der Waals surface area contributed by atoms with Crippen LogP contribution in [-0.4, -0.2) is 37.2 Å². The van der Waals surface area contributed by atoms with Gasteiger partial charge in [0.05, 0.1) is 7.11 Å². The highest BCUT2D eigenvalue weighted by molar-refractivity contribution is 6.03. The first-order valence-electron chi connectivity index (χ1n) is 4.03. The predicted molar refractivity (Wildman–Crippen MR) is 42.0 cm³/mol. The molecule has 0 aliphatic carbocycles. The summed E-state index contributed by atoms with van der Waals surface area (Å²) in [6.45, 7) is 0. The topological polar surface area (TPSA) is 84.5 Å². The average Bonchev–Trinajstić information content (AvgIpc) is 2.12. The fourth-order valence-corrected chi connectivity index (χ4v) is 1.26. The standard InChI is InChI=1S/C7H7F3N2O4/c1-16-5(14)3-2(7(8,9)10)4(13)12-6(15)11-3/h2-3H,1H3,(H2,11,12,13,15). The summed E-state index contributed by atoms with van der Waals surface area (Å²) in [5, 5.41) is 3.12. The molecule has 2 atom stereocenters. The van der Waals surface area contributed by atoms with Crippen molar-refractivity contribution in [3.63, 3.8) is 0 Å². The van der Waals surface area contributed by atoms with E-state index in [0.29, 0.717) is 0 Å². The number of methoxy groups -OCH3 is 1. The van der Waals surface area contributed by atoms with Crippen molar-refractivity contribution in [1.29, 1.82) is 0 Å². The number of hydrogen-bond donors (Lipinski definition) is 2. The Balaban J connectivity index is 3.03. The van der Waals surface area contributed by atoms with Gasteiger partial charge in [0, 0.05) is 0 Å². The van der Waals surface area contributed by atoms with E-state index in [1.807, 2.05) is 0 Å². The third-order valence-electron chi connectivity index (χ3n) is 1.95. The van der Waals surface area contributed by atoms with Gasteiger partial charge in [0.15, 0.2) is 5.92 Å². The first-order valence-corrected chi connectivity index (χ1v) is 4.03. The van der Waals surface area contributed by atoms with Gasteiger partial charge in [0.1, 0.15) is 6.04 Å². The number of amides is 3. The van der Waals surface area contributed by atoms with Crippen molar-refractivity contribution >= 4 is 17.9 Å². The van der Waals surface area contributed by atoms with E-state index in [4.69, 9.17) is 0 Å². The van der Waals surface area contributed by atoms with Gasteiger partial charge in [-0.2, -0.15) is 13.2 Å². The Labute approximate surface area is 87.1 Å². The summed E-state index contributed by atoms with van der Waals surface area (Å²) in [4.78, 5) is 32.7. The molecule has 0 saturated carbocycles. The van der Waals surface area contributed by atoms with Gasteiger partial charge in [-0.1, -0.05) is 0 Å². The second-order valence-corrected chi connectivity index (χ2v) is 2.98. The normalized spacial score (nSPS) is 25.8. The van der Waals surface area contributed by atoms with Crippen molar-refractivity contribution in [3.05, 3.63) is 0 Å². The van der Waals surface area contributed by atoms with E-state index in [9.17, 15) is 27.6 Å². The van der Waals surface area contributed by atoms with E-state index in [-0.39, 0.29) is 0 Å². The predicted octanol–water partition coefficient (Wildman–Crippen LogP) is -0.454. The Morgan fingerprint density at radius 2 is 1.94 bits per heavy atom. The van der Waals surface area contributed by atoms with Crippen LogP contribution in [0.3, 0.4) is 0 Å². The zero-order valence-corrected chi connectivity index (χ0v) is 7.92. The second-order valence-electron chi connectivity index (χ2n) is 2.98. The quantitative estimate of drug-likeness (QED) is 0.608. The highest BCUT2D eigenvalue weighted by Gasteiger charge is 2.55. The van der Waals surface area contributed by atoms with Crippen molar-refractivity contribution in [2.24, 2.45) is 5.92 Å². The number of ether oxygens (including phenoxy) is 1. The van der Waals surface area contributed by atoms with Crippen LogP contribution in [0, 0.1) is 5.92 Å². The van der Waals surface area contributed by atoms with Crippen LogP contribution in [0.25, 0.3) is 0 Å². The first kappa shape index (κ1) is 12.3. The molecule has 1 rings (SSSR count). The van der Waals surface area contributed by atoms with E-state index in [1.54, 1.807) is 5.32 Å². The first-order chi connectivity index (χ1) is 7.27. The molecule has 0 radical (unpaired) electrons. The zero-order chi connectivity index (χ0) is 12.5. The van der Waals surface area contributed by atoms with Crippen molar-refractivity contribution in [2.45, 2.75) is 12.2 Å². The zero-order valence-electron chi connectivity index (χ0n) is 7.92. The summed E-state index contributed by atoms with van der Waals surface area (Å²) in [7, 11) is 0.856. The molecule has 1 fully saturated rings. The Hall–Kier alpha value is -1.80. The Bertz CT molecular complexity index is 341. The summed E-state index contributed by atoms with van der Waals surface area (Å²) in [6, 6.07) is -3.22. The minimum atomic E-state index is -4.95. The minimum Gasteiger partial charge on any atom is -0.467 e. The number of imide groups is 1. The number of alkyl halides is 3. The largest absolute Gasteiger partial charge is 0.467 e. The lowest BCUT2D eigenvalue weighted by atomic mass is 9.96. The lowest BCUT2D eigenvalue weighted by Gasteiger charge is -2.30. The van der Waals surface area contributed by atoms with E-state index < -0.39 is 36.0 Å². The van der Waals surface area contributed by atoms with Gasteiger partial charge < -0.3 is 10.1 Å². The van der Waals surface area contributed by atoms with Gasteiger partial charge in [-0.25, -0.2) is 9.59 Å². The second kappa shape index (κ2) is 3.99. The summed E-state index contributed by atoms with van der Waals surface area (Å²) in [6.07, 6.45) is -4.95. The van der Waals surface area contributed by atoms with Crippen LogP contribution in [0.5, 0.6) is 0 Å². The smallest absolute Gasteiger partial charge is 0.403 e. The van der Waals surface area contributed by atoms with E-state index in [0.717, 1.165) is 7.11 Å². The van der Waals surface area contributed by atoms with Gasteiger partial charge in [-0.05, 0) is 0 Å². The number of carbonyl (C=O) groups is 3. The van der Waals surface area contributed by atoms with Crippen molar-refractivity contribution in [2.75, 3.05) is 7.11 Å². The van der Waals surface area contributed by atoms with Crippen molar-refractivity contribution in [1.82, 2.24) is 10.6 Å². The number of nitrogens with one attached hydrogen (secondary N) is 2. The van der Waals surface area contributed by atoms with Crippen molar-refractivity contribution < 1.29 is 32.3 Å². The lowest BCUT2D eigenvalue weighted by molar-refractivity contribution is -0.195. The lowest BCUT2D eigenvalue weighted by Crippen LogP contribution is -2.64. The molecule has 0 aromatic rings. The maximum absolute atomic E-state index is 12.4. The maximum Gasteiger partial charge on any atom is 0.403 e. The van der Waals surface area contributed by atoms with E-state index >= 15 is 0 Å². The van der Waals surface area contributed by atoms with Crippen LogP contribution in [0.15, 0.2) is 0 Å². The maximum atomic E-state index is 12.4. The molecule has 16 heavy (non-hydrogen) atoms. The molecule has 1 saturated heterocycles. The molecule has 3 amide bonds. The molecule has 0 aromatic heterocycles. The van der Waals surface area contributed by atoms with Crippen LogP contribution >= 0.6 is 0 Å². The summed E-state index contributed by atoms with van der Waals surface area (Å²) in [5.41, 5.74) is 0. The van der Waals surface area contributed by atoms with Crippen LogP contribution in [0.2, 0.25) is 0 Å². The summed E-state index contributed by atoms with van der Waals surface area (Å²) >= 11 is 0. The molecule has 2 unspecified atom stereocenters. The molecule has 1 heterocycles. The molecule has 0 bridgehead atoms. The van der Waals surface area contributed by atoms with Gasteiger partial charge in [0.25, 0.3) is 0 Å². The monoisotopic (exact) mass is 240 g/mol.